The van der Waals surface area contributed by atoms with Gasteiger partial charge in [-0.1, -0.05) is 52.9 Å². The van der Waals surface area contributed by atoms with Crippen molar-refractivity contribution >= 4 is 0 Å². The molecule has 78 valence electrons. The molecule has 13 heavy (non-hydrogen) atoms. The van der Waals surface area contributed by atoms with Crippen LogP contribution in [-0.4, -0.2) is 0 Å². The van der Waals surface area contributed by atoms with Crippen LogP contribution in [0.15, 0.2) is 0 Å². The van der Waals surface area contributed by atoms with Crippen molar-refractivity contribution in [2.45, 2.75) is 72.1 Å². The minimum absolute atomic E-state index is 0.765. The maximum absolute atomic E-state index is 2.49. The third-order valence-electron chi connectivity index (χ3n) is 3.77. The molecule has 0 heteroatoms. The third-order valence-corrected chi connectivity index (χ3v) is 3.77. The van der Waals surface area contributed by atoms with Crippen LogP contribution in [0.3, 0.4) is 0 Å². The summed E-state index contributed by atoms with van der Waals surface area (Å²) in [6.45, 7) is 7.09. The van der Waals surface area contributed by atoms with E-state index in [0.29, 0.717) is 0 Å². The van der Waals surface area contributed by atoms with Gasteiger partial charge in [0.25, 0.3) is 0 Å². The van der Waals surface area contributed by atoms with E-state index in [1.807, 2.05) is 0 Å². The van der Waals surface area contributed by atoms with Crippen LogP contribution < -0.4 is 0 Å². The van der Waals surface area contributed by atoms with E-state index in [0.717, 1.165) is 11.3 Å². The van der Waals surface area contributed by atoms with E-state index in [1.54, 1.807) is 0 Å². The van der Waals surface area contributed by atoms with E-state index in [1.165, 1.54) is 51.4 Å². The summed E-state index contributed by atoms with van der Waals surface area (Å²) in [5, 5.41) is 0. The summed E-state index contributed by atoms with van der Waals surface area (Å²) in [4.78, 5) is 0. The van der Waals surface area contributed by atoms with Gasteiger partial charge in [0.15, 0.2) is 0 Å². The zero-order valence-corrected chi connectivity index (χ0v) is 9.73. The van der Waals surface area contributed by atoms with Crippen LogP contribution in [0.1, 0.15) is 72.1 Å². The lowest BCUT2D eigenvalue weighted by molar-refractivity contribution is 0.430. The average molecular weight is 182 g/mol. The van der Waals surface area contributed by atoms with Gasteiger partial charge in [0.2, 0.25) is 0 Å². The Morgan fingerprint density at radius 1 is 1.08 bits per heavy atom. The number of rotatable bonds is 7. The van der Waals surface area contributed by atoms with Crippen molar-refractivity contribution in [3.05, 3.63) is 0 Å². The molecule has 1 aliphatic carbocycles. The molecule has 0 N–H and O–H groups in total. The Hall–Kier alpha value is 0. The van der Waals surface area contributed by atoms with Gasteiger partial charge >= 0.3 is 0 Å². The van der Waals surface area contributed by atoms with Crippen LogP contribution in [-0.2, 0) is 0 Å². The molecule has 0 amide bonds. The summed E-state index contributed by atoms with van der Waals surface area (Å²) < 4.78 is 0. The van der Waals surface area contributed by atoms with E-state index in [9.17, 15) is 0 Å². The summed E-state index contributed by atoms with van der Waals surface area (Å²) in [6, 6.07) is 0. The van der Waals surface area contributed by atoms with Crippen LogP contribution in [0, 0.1) is 11.3 Å². The molecule has 1 aliphatic rings. The monoisotopic (exact) mass is 182 g/mol. The van der Waals surface area contributed by atoms with Gasteiger partial charge < -0.3 is 0 Å². The lowest BCUT2D eigenvalue weighted by atomic mass is 9.97. The summed E-state index contributed by atoms with van der Waals surface area (Å²) in [5.74, 6) is 1.09. The zero-order chi connectivity index (χ0) is 9.73. The summed E-state index contributed by atoms with van der Waals surface area (Å²) in [5.41, 5.74) is 0.765. The second-order valence-electron chi connectivity index (χ2n) is 5.15. The molecule has 0 aromatic heterocycles. The molecule has 0 aromatic rings. The normalized spacial score (nSPS) is 32.1. The lowest BCUT2D eigenvalue weighted by Gasteiger charge is -2.08. The Balaban J connectivity index is 2.00. The molecule has 0 bridgehead atoms. The summed E-state index contributed by atoms with van der Waals surface area (Å²) in [7, 11) is 0. The van der Waals surface area contributed by atoms with E-state index in [4.69, 9.17) is 0 Å². The van der Waals surface area contributed by atoms with Gasteiger partial charge in [0.1, 0.15) is 0 Å². The lowest BCUT2D eigenvalue weighted by Crippen LogP contribution is -1.97. The maximum Gasteiger partial charge on any atom is -0.0295 e. The SMILES string of the molecule is CCCCCC[C@H]1C[C@]1(C)CCC. The smallest absolute Gasteiger partial charge is 0.0295 e. The van der Waals surface area contributed by atoms with Crippen LogP contribution >= 0.6 is 0 Å². The Morgan fingerprint density at radius 3 is 2.46 bits per heavy atom. The molecule has 0 aliphatic heterocycles. The first-order valence-corrected chi connectivity index (χ1v) is 6.23. The second kappa shape index (κ2) is 5.02. The molecule has 0 spiro atoms. The van der Waals surface area contributed by atoms with Gasteiger partial charge in [-0.15, -0.1) is 0 Å². The Kier molecular flexibility index (Phi) is 4.28. The van der Waals surface area contributed by atoms with E-state index < -0.39 is 0 Å². The topological polar surface area (TPSA) is 0 Å². The minimum atomic E-state index is 0.765. The van der Waals surface area contributed by atoms with Crippen molar-refractivity contribution in [2.75, 3.05) is 0 Å². The largest absolute Gasteiger partial charge is 0.0654 e. The molecule has 0 saturated heterocycles. The fraction of sp³-hybridized carbons (Fsp3) is 1.00. The summed E-state index contributed by atoms with van der Waals surface area (Å²) in [6.07, 6.45) is 11.6. The fourth-order valence-corrected chi connectivity index (χ4v) is 2.65. The molecular formula is C13H26. The highest BCUT2D eigenvalue weighted by molar-refractivity contribution is 4.97. The summed E-state index contributed by atoms with van der Waals surface area (Å²) >= 11 is 0. The molecular weight excluding hydrogens is 156 g/mol. The number of hydrogen-bond acceptors (Lipinski definition) is 0. The number of hydrogen-bond donors (Lipinski definition) is 0. The fourth-order valence-electron chi connectivity index (χ4n) is 2.65. The number of unbranched alkanes of at least 4 members (excludes halogenated alkanes) is 3. The highest BCUT2D eigenvalue weighted by atomic mass is 14.5. The minimum Gasteiger partial charge on any atom is -0.0654 e. The Morgan fingerprint density at radius 2 is 1.85 bits per heavy atom. The second-order valence-corrected chi connectivity index (χ2v) is 5.15. The standard InChI is InChI=1S/C13H26/c1-4-6-7-8-9-12-11-13(12,3)10-5-2/h12H,4-11H2,1-3H3/t12-,13-/m0/s1. The van der Waals surface area contributed by atoms with Crippen molar-refractivity contribution in [1.29, 1.82) is 0 Å². The van der Waals surface area contributed by atoms with Crippen LogP contribution in [0.2, 0.25) is 0 Å². The third kappa shape index (κ3) is 3.32. The van der Waals surface area contributed by atoms with Gasteiger partial charge in [-0.05, 0) is 30.6 Å². The molecule has 0 radical (unpaired) electrons. The molecule has 1 rings (SSSR count). The molecule has 0 aromatic carbocycles. The van der Waals surface area contributed by atoms with Crippen molar-refractivity contribution in [2.24, 2.45) is 11.3 Å². The molecule has 2 atom stereocenters. The van der Waals surface area contributed by atoms with E-state index in [2.05, 4.69) is 20.8 Å². The zero-order valence-electron chi connectivity index (χ0n) is 9.73. The van der Waals surface area contributed by atoms with Gasteiger partial charge in [-0.2, -0.15) is 0 Å². The highest BCUT2D eigenvalue weighted by Crippen LogP contribution is 2.57. The van der Waals surface area contributed by atoms with Crippen molar-refractivity contribution in [3.8, 4) is 0 Å². The van der Waals surface area contributed by atoms with Crippen molar-refractivity contribution in [1.82, 2.24) is 0 Å². The first-order chi connectivity index (χ1) is 6.23. The van der Waals surface area contributed by atoms with Crippen LogP contribution in [0.5, 0.6) is 0 Å². The van der Waals surface area contributed by atoms with E-state index >= 15 is 0 Å². The molecule has 0 heterocycles. The Labute approximate surface area is 84.1 Å². The van der Waals surface area contributed by atoms with Gasteiger partial charge in [-0.25, -0.2) is 0 Å². The van der Waals surface area contributed by atoms with Crippen LogP contribution in [0.25, 0.3) is 0 Å². The van der Waals surface area contributed by atoms with Crippen molar-refractivity contribution < 1.29 is 0 Å². The predicted molar refractivity (Wildman–Crippen MR) is 59.9 cm³/mol. The van der Waals surface area contributed by atoms with E-state index in [-0.39, 0.29) is 0 Å². The first-order valence-electron chi connectivity index (χ1n) is 6.23. The maximum atomic E-state index is 2.49. The predicted octanol–water partition coefficient (Wildman–Crippen LogP) is 4.78. The quantitative estimate of drug-likeness (QED) is 0.497. The molecule has 1 saturated carbocycles. The molecule has 1 fully saturated rings. The van der Waals surface area contributed by atoms with Crippen molar-refractivity contribution in [3.63, 3.8) is 0 Å². The molecule has 0 nitrogen and oxygen atoms in total. The highest BCUT2D eigenvalue weighted by Gasteiger charge is 2.47. The van der Waals surface area contributed by atoms with Gasteiger partial charge in [-0.3, -0.25) is 0 Å². The molecule has 0 unspecified atom stereocenters. The van der Waals surface area contributed by atoms with Gasteiger partial charge in [0, 0.05) is 0 Å². The average Bonchev–Trinajstić information content (AvgIpc) is 2.72. The van der Waals surface area contributed by atoms with Gasteiger partial charge in [0.05, 0.1) is 0 Å². The first kappa shape index (κ1) is 11.1. The van der Waals surface area contributed by atoms with Crippen LogP contribution in [0.4, 0.5) is 0 Å². The Bertz CT molecular complexity index is 139.